The molecule has 1 heterocycles. The fourth-order valence-electron chi connectivity index (χ4n) is 2.92. The molecule has 0 bridgehead atoms. The van der Waals surface area contributed by atoms with E-state index in [4.69, 9.17) is 37.4 Å². The quantitative estimate of drug-likeness (QED) is 0.693. The molecule has 2 aromatic carbocycles. The predicted molar refractivity (Wildman–Crippen MR) is 104 cm³/mol. The Morgan fingerprint density at radius 3 is 2.77 bits per heavy atom. The Hall–Kier alpha value is -1.46. The monoisotopic (exact) mass is 395 g/mol. The summed E-state index contributed by atoms with van der Waals surface area (Å²) in [6.45, 7) is 2.86. The van der Waals surface area contributed by atoms with Gasteiger partial charge in [0.05, 0.1) is 13.2 Å². The number of nitrogens with one attached hydrogen (secondary N) is 1. The van der Waals surface area contributed by atoms with E-state index >= 15 is 0 Å². The molecule has 0 saturated carbocycles. The van der Waals surface area contributed by atoms with Gasteiger partial charge < -0.3 is 19.5 Å². The lowest BCUT2D eigenvalue weighted by molar-refractivity contribution is 0.110. The van der Waals surface area contributed by atoms with Crippen molar-refractivity contribution < 1.29 is 14.2 Å². The van der Waals surface area contributed by atoms with Crippen molar-refractivity contribution in [3.8, 4) is 11.5 Å². The highest BCUT2D eigenvalue weighted by atomic mass is 35.5. The molecule has 0 aromatic heterocycles. The zero-order valence-corrected chi connectivity index (χ0v) is 16.3. The van der Waals surface area contributed by atoms with E-state index < -0.39 is 0 Å². The molecule has 6 heteroatoms. The molecule has 0 spiro atoms. The van der Waals surface area contributed by atoms with Gasteiger partial charge in [-0.2, -0.15) is 0 Å². The molecule has 0 amide bonds. The number of benzene rings is 2. The standard InChI is InChI=1S/C20H23Cl2NO3/c1-24-20-9-14(11-23-12-17-3-2-8-25-17)4-7-19(20)26-13-15-5-6-16(21)10-18(15)22/h4-7,9-10,17,23H,2-3,8,11-13H2,1H3/t17-/m0/s1. The van der Waals surface area contributed by atoms with Gasteiger partial charge in [0, 0.05) is 35.3 Å². The van der Waals surface area contributed by atoms with Gasteiger partial charge in [-0.05, 0) is 42.7 Å². The molecule has 0 unspecified atom stereocenters. The van der Waals surface area contributed by atoms with Crippen LogP contribution in [0.1, 0.15) is 24.0 Å². The maximum atomic E-state index is 6.19. The van der Waals surface area contributed by atoms with Crippen LogP contribution >= 0.6 is 23.2 Å². The van der Waals surface area contributed by atoms with Crippen molar-refractivity contribution in [1.82, 2.24) is 5.32 Å². The molecule has 1 N–H and O–H groups in total. The zero-order chi connectivity index (χ0) is 18.4. The van der Waals surface area contributed by atoms with Crippen molar-refractivity contribution in [3.05, 3.63) is 57.6 Å². The smallest absolute Gasteiger partial charge is 0.161 e. The van der Waals surface area contributed by atoms with Gasteiger partial charge in [0.25, 0.3) is 0 Å². The van der Waals surface area contributed by atoms with Crippen LogP contribution in [0.25, 0.3) is 0 Å². The van der Waals surface area contributed by atoms with E-state index in [1.54, 1.807) is 19.2 Å². The molecule has 0 aliphatic carbocycles. The second kappa shape index (κ2) is 9.47. The lowest BCUT2D eigenvalue weighted by atomic mass is 10.2. The van der Waals surface area contributed by atoms with Crippen LogP contribution in [-0.2, 0) is 17.9 Å². The Bertz CT molecular complexity index is 733. The van der Waals surface area contributed by atoms with E-state index in [-0.39, 0.29) is 0 Å². The number of rotatable bonds is 8. The minimum Gasteiger partial charge on any atom is -0.493 e. The molecule has 1 fully saturated rings. The van der Waals surface area contributed by atoms with E-state index in [0.717, 1.165) is 43.7 Å². The van der Waals surface area contributed by atoms with Gasteiger partial charge in [0.1, 0.15) is 6.61 Å². The molecule has 1 saturated heterocycles. The summed E-state index contributed by atoms with van der Waals surface area (Å²) < 4.78 is 17.0. The Morgan fingerprint density at radius 2 is 2.04 bits per heavy atom. The predicted octanol–water partition coefficient (Wildman–Crippen LogP) is 4.85. The summed E-state index contributed by atoms with van der Waals surface area (Å²) in [5.41, 5.74) is 2.01. The topological polar surface area (TPSA) is 39.7 Å². The highest BCUT2D eigenvalue weighted by Gasteiger charge is 2.14. The molecule has 140 valence electrons. The Kier molecular flexibility index (Phi) is 7.03. The van der Waals surface area contributed by atoms with Crippen LogP contribution in [0.3, 0.4) is 0 Å². The van der Waals surface area contributed by atoms with Crippen LogP contribution in [0.2, 0.25) is 10.0 Å². The Morgan fingerprint density at radius 1 is 1.15 bits per heavy atom. The van der Waals surface area contributed by atoms with Gasteiger partial charge in [0.15, 0.2) is 11.5 Å². The van der Waals surface area contributed by atoms with Gasteiger partial charge in [0.2, 0.25) is 0 Å². The molecule has 1 aliphatic heterocycles. The molecule has 1 atom stereocenters. The third kappa shape index (κ3) is 5.27. The van der Waals surface area contributed by atoms with Crippen LogP contribution < -0.4 is 14.8 Å². The van der Waals surface area contributed by atoms with Gasteiger partial charge >= 0.3 is 0 Å². The number of hydrogen-bond acceptors (Lipinski definition) is 4. The average molecular weight is 396 g/mol. The summed E-state index contributed by atoms with van der Waals surface area (Å²) in [6, 6.07) is 11.3. The lowest BCUT2D eigenvalue weighted by Gasteiger charge is -2.14. The first-order valence-electron chi connectivity index (χ1n) is 8.71. The summed E-state index contributed by atoms with van der Waals surface area (Å²) in [5, 5.41) is 4.63. The minimum atomic E-state index is 0.337. The largest absolute Gasteiger partial charge is 0.493 e. The van der Waals surface area contributed by atoms with E-state index in [0.29, 0.717) is 34.3 Å². The molecule has 26 heavy (non-hydrogen) atoms. The molecule has 2 aromatic rings. The van der Waals surface area contributed by atoms with Gasteiger partial charge in [-0.1, -0.05) is 35.3 Å². The number of methoxy groups -OCH3 is 1. The molecule has 0 radical (unpaired) electrons. The summed E-state index contributed by atoms with van der Waals surface area (Å²) >= 11 is 12.1. The van der Waals surface area contributed by atoms with Crippen molar-refractivity contribution in [2.75, 3.05) is 20.3 Å². The van der Waals surface area contributed by atoms with Crippen LogP contribution in [0.5, 0.6) is 11.5 Å². The van der Waals surface area contributed by atoms with E-state index in [9.17, 15) is 0 Å². The number of ether oxygens (including phenoxy) is 3. The fraction of sp³-hybridized carbons (Fsp3) is 0.400. The second-order valence-electron chi connectivity index (χ2n) is 6.28. The number of hydrogen-bond donors (Lipinski definition) is 1. The van der Waals surface area contributed by atoms with Gasteiger partial charge in [-0.3, -0.25) is 0 Å². The highest BCUT2D eigenvalue weighted by Crippen LogP contribution is 2.30. The molecule has 1 aliphatic rings. The highest BCUT2D eigenvalue weighted by molar-refractivity contribution is 6.35. The summed E-state index contributed by atoms with van der Waals surface area (Å²) in [7, 11) is 1.64. The Labute approximate surface area is 164 Å². The van der Waals surface area contributed by atoms with Crippen molar-refractivity contribution in [1.29, 1.82) is 0 Å². The second-order valence-corrected chi connectivity index (χ2v) is 7.12. The van der Waals surface area contributed by atoms with Crippen LogP contribution in [0.4, 0.5) is 0 Å². The minimum absolute atomic E-state index is 0.337. The molecule has 4 nitrogen and oxygen atoms in total. The fourth-order valence-corrected chi connectivity index (χ4v) is 3.38. The third-order valence-corrected chi connectivity index (χ3v) is 4.94. The van der Waals surface area contributed by atoms with Crippen molar-refractivity contribution in [2.45, 2.75) is 32.1 Å². The molecular weight excluding hydrogens is 373 g/mol. The van der Waals surface area contributed by atoms with Crippen LogP contribution in [-0.4, -0.2) is 26.4 Å². The van der Waals surface area contributed by atoms with Crippen molar-refractivity contribution >= 4 is 23.2 Å². The SMILES string of the molecule is COc1cc(CNC[C@@H]2CCCO2)ccc1OCc1ccc(Cl)cc1Cl. The first kappa shape index (κ1) is 19.3. The summed E-state index contributed by atoms with van der Waals surface area (Å²) in [4.78, 5) is 0. The lowest BCUT2D eigenvalue weighted by Crippen LogP contribution is -2.25. The summed E-state index contributed by atoms with van der Waals surface area (Å²) in [6.07, 6.45) is 2.63. The van der Waals surface area contributed by atoms with E-state index in [1.165, 1.54) is 0 Å². The first-order chi connectivity index (χ1) is 12.7. The Balaban J connectivity index is 1.57. The van der Waals surface area contributed by atoms with Crippen LogP contribution in [0.15, 0.2) is 36.4 Å². The maximum Gasteiger partial charge on any atom is 0.161 e. The van der Waals surface area contributed by atoms with Gasteiger partial charge in [-0.15, -0.1) is 0 Å². The number of halogens is 2. The third-order valence-electron chi connectivity index (χ3n) is 4.35. The first-order valence-corrected chi connectivity index (χ1v) is 9.47. The van der Waals surface area contributed by atoms with E-state index in [1.807, 2.05) is 24.3 Å². The average Bonchev–Trinajstić information content (AvgIpc) is 3.15. The zero-order valence-electron chi connectivity index (χ0n) is 14.8. The molecule has 3 rings (SSSR count). The van der Waals surface area contributed by atoms with Gasteiger partial charge in [-0.25, -0.2) is 0 Å². The maximum absolute atomic E-state index is 6.19. The van der Waals surface area contributed by atoms with Crippen molar-refractivity contribution in [3.63, 3.8) is 0 Å². The summed E-state index contributed by atoms with van der Waals surface area (Å²) in [5.74, 6) is 1.38. The van der Waals surface area contributed by atoms with E-state index in [2.05, 4.69) is 5.32 Å². The molecular formula is C20H23Cl2NO3. The van der Waals surface area contributed by atoms with Crippen molar-refractivity contribution in [2.24, 2.45) is 0 Å². The van der Waals surface area contributed by atoms with Crippen LogP contribution in [0, 0.1) is 0 Å². The normalized spacial score (nSPS) is 16.7.